The van der Waals surface area contributed by atoms with Crippen molar-refractivity contribution in [2.75, 3.05) is 5.73 Å². The number of benzene rings is 2. The fourth-order valence-electron chi connectivity index (χ4n) is 1.59. The van der Waals surface area contributed by atoms with Gasteiger partial charge in [0.05, 0.1) is 0 Å². The van der Waals surface area contributed by atoms with E-state index in [1.165, 1.54) is 12.1 Å². The van der Waals surface area contributed by atoms with E-state index in [2.05, 4.69) is 4.74 Å². The molecule has 0 fully saturated rings. The molecule has 0 unspecified atom stereocenters. The van der Waals surface area contributed by atoms with Gasteiger partial charge in [-0.2, -0.15) is 0 Å². The third kappa shape index (κ3) is 4.44. The SMILES string of the molecule is N#Cc1ccc([As]c2ccc(OC(F)(F)F)cc2)c(N)c1. The molecule has 0 saturated heterocycles. The number of nitrogen functional groups attached to an aromatic ring is 1. The Balaban J connectivity index is 2.12. The molecule has 0 saturated carbocycles. The molecule has 0 amide bonds. The Morgan fingerprint density at radius 2 is 1.76 bits per heavy atom. The first kappa shape index (κ1) is 15.3. The van der Waals surface area contributed by atoms with Gasteiger partial charge in [0.1, 0.15) is 0 Å². The van der Waals surface area contributed by atoms with Crippen LogP contribution in [0, 0.1) is 11.3 Å². The van der Waals surface area contributed by atoms with Crippen molar-refractivity contribution in [1.82, 2.24) is 0 Å². The average Bonchev–Trinajstić information content (AvgIpc) is 2.41. The van der Waals surface area contributed by atoms with E-state index in [-0.39, 0.29) is 5.75 Å². The minimum atomic E-state index is -4.69. The second-order valence-electron chi connectivity index (χ2n) is 4.04. The van der Waals surface area contributed by atoms with Crippen LogP contribution in [-0.2, 0) is 0 Å². The van der Waals surface area contributed by atoms with Crippen molar-refractivity contribution in [3.05, 3.63) is 48.0 Å². The zero-order valence-electron chi connectivity index (χ0n) is 10.6. The van der Waals surface area contributed by atoms with E-state index < -0.39 is 22.1 Å². The molecule has 0 aromatic heterocycles. The second-order valence-corrected chi connectivity index (χ2v) is 6.60. The molecule has 0 aliphatic carbocycles. The van der Waals surface area contributed by atoms with Gasteiger partial charge in [-0.1, -0.05) is 0 Å². The maximum atomic E-state index is 12.1. The van der Waals surface area contributed by atoms with Crippen molar-refractivity contribution in [2.24, 2.45) is 0 Å². The van der Waals surface area contributed by atoms with E-state index in [1.54, 1.807) is 30.3 Å². The number of rotatable bonds is 3. The number of nitrogens with zero attached hydrogens (tertiary/aromatic N) is 1. The summed E-state index contributed by atoms with van der Waals surface area (Å²) in [4.78, 5) is 0. The summed E-state index contributed by atoms with van der Waals surface area (Å²) in [6.07, 6.45) is -4.69. The summed E-state index contributed by atoms with van der Waals surface area (Å²) in [5.41, 5.74) is 6.85. The molecule has 0 aliphatic rings. The summed E-state index contributed by atoms with van der Waals surface area (Å²) in [6.45, 7) is 0. The van der Waals surface area contributed by atoms with E-state index in [0.29, 0.717) is 11.3 Å². The molecule has 0 aliphatic heterocycles. The van der Waals surface area contributed by atoms with Crippen LogP contribution in [0.3, 0.4) is 0 Å². The van der Waals surface area contributed by atoms with Crippen LogP contribution in [0.4, 0.5) is 18.9 Å². The molecule has 0 spiro atoms. The summed E-state index contributed by atoms with van der Waals surface area (Å²) >= 11 is -0.468. The Kier molecular flexibility index (Phi) is 4.44. The predicted molar refractivity (Wildman–Crippen MR) is 73.7 cm³/mol. The number of ether oxygens (including phenoxy) is 1. The van der Waals surface area contributed by atoms with Crippen molar-refractivity contribution < 1.29 is 17.9 Å². The summed E-state index contributed by atoms with van der Waals surface area (Å²) in [6, 6.07) is 12.7. The summed E-state index contributed by atoms with van der Waals surface area (Å²) in [5.74, 6) is -0.250. The van der Waals surface area contributed by atoms with Gasteiger partial charge in [0, 0.05) is 0 Å². The first-order valence-electron chi connectivity index (χ1n) is 5.74. The van der Waals surface area contributed by atoms with E-state index in [1.807, 2.05) is 6.07 Å². The minimum absolute atomic E-state index is 0.250. The molecule has 2 rings (SSSR count). The zero-order chi connectivity index (χ0) is 15.5. The van der Waals surface area contributed by atoms with Crippen LogP contribution >= 0.6 is 0 Å². The molecule has 2 aromatic rings. The van der Waals surface area contributed by atoms with Crippen LogP contribution < -0.4 is 19.2 Å². The van der Waals surface area contributed by atoms with Gasteiger partial charge in [-0.3, -0.25) is 0 Å². The number of nitriles is 1. The topological polar surface area (TPSA) is 59.0 Å². The van der Waals surface area contributed by atoms with Crippen LogP contribution in [0.25, 0.3) is 0 Å². The van der Waals surface area contributed by atoms with Gasteiger partial charge in [-0.05, 0) is 0 Å². The Bertz CT molecular complexity index is 678. The van der Waals surface area contributed by atoms with Crippen molar-refractivity contribution in [3.8, 4) is 11.8 Å². The van der Waals surface area contributed by atoms with Crippen LogP contribution in [0.2, 0.25) is 0 Å². The van der Waals surface area contributed by atoms with Crippen molar-refractivity contribution in [2.45, 2.75) is 6.36 Å². The average molecular weight is 353 g/mol. The van der Waals surface area contributed by atoms with Crippen LogP contribution in [-0.4, -0.2) is 22.1 Å². The number of alkyl halides is 3. The molecule has 0 bridgehead atoms. The van der Waals surface area contributed by atoms with Crippen LogP contribution in [0.15, 0.2) is 42.5 Å². The van der Waals surface area contributed by atoms with Crippen molar-refractivity contribution >= 4 is 30.1 Å². The molecule has 1 radical (unpaired) electrons. The molecule has 107 valence electrons. The second kappa shape index (κ2) is 6.11. The Hall–Kier alpha value is -2.12. The van der Waals surface area contributed by atoms with Gasteiger partial charge < -0.3 is 0 Å². The van der Waals surface area contributed by atoms with Gasteiger partial charge in [-0.25, -0.2) is 0 Å². The predicted octanol–water partition coefficient (Wildman–Crippen LogP) is 1.69. The number of nitrogens with two attached hydrogens (primary N) is 1. The van der Waals surface area contributed by atoms with E-state index in [0.717, 1.165) is 8.70 Å². The summed E-state index contributed by atoms with van der Waals surface area (Å²) in [7, 11) is 0. The number of hydrogen-bond acceptors (Lipinski definition) is 3. The monoisotopic (exact) mass is 353 g/mol. The van der Waals surface area contributed by atoms with Gasteiger partial charge in [-0.15, -0.1) is 0 Å². The van der Waals surface area contributed by atoms with E-state index >= 15 is 0 Å². The Morgan fingerprint density at radius 3 is 2.29 bits per heavy atom. The third-order valence-electron chi connectivity index (χ3n) is 2.48. The number of halogens is 3. The van der Waals surface area contributed by atoms with Crippen molar-refractivity contribution in [1.29, 1.82) is 5.26 Å². The fraction of sp³-hybridized carbons (Fsp3) is 0.0714. The molecular weight excluding hydrogens is 344 g/mol. The molecule has 21 heavy (non-hydrogen) atoms. The number of anilines is 1. The van der Waals surface area contributed by atoms with Gasteiger partial charge >= 0.3 is 125 Å². The molecule has 7 heteroatoms. The Labute approximate surface area is 125 Å². The standard InChI is InChI=1S/C14H9AsF3N2O/c16-14(17,18)21-11-4-2-10(3-5-11)15-12-6-1-9(8-19)7-13(12)20/h1-7H,20H2. The molecule has 2 aromatic carbocycles. The molecule has 0 heterocycles. The summed E-state index contributed by atoms with van der Waals surface area (Å²) < 4.78 is 41.8. The third-order valence-corrected chi connectivity index (χ3v) is 5.00. The van der Waals surface area contributed by atoms with Gasteiger partial charge in [0.15, 0.2) is 0 Å². The normalized spacial score (nSPS) is 11.5. The van der Waals surface area contributed by atoms with Crippen LogP contribution in [0.5, 0.6) is 5.75 Å². The summed E-state index contributed by atoms with van der Waals surface area (Å²) in [5, 5.41) is 8.76. The van der Waals surface area contributed by atoms with Crippen molar-refractivity contribution in [3.63, 3.8) is 0 Å². The maximum absolute atomic E-state index is 12.1. The quantitative estimate of drug-likeness (QED) is 0.675. The van der Waals surface area contributed by atoms with Gasteiger partial charge in [0.25, 0.3) is 0 Å². The number of hydrogen-bond donors (Lipinski definition) is 1. The van der Waals surface area contributed by atoms with E-state index in [4.69, 9.17) is 11.0 Å². The Morgan fingerprint density at radius 1 is 1.10 bits per heavy atom. The molecule has 0 atom stereocenters. The zero-order valence-corrected chi connectivity index (χ0v) is 12.4. The first-order chi connectivity index (χ1) is 9.87. The molecule has 2 N–H and O–H groups in total. The molecule has 3 nitrogen and oxygen atoms in total. The van der Waals surface area contributed by atoms with Crippen LogP contribution in [0.1, 0.15) is 5.56 Å². The van der Waals surface area contributed by atoms with Gasteiger partial charge in [0.2, 0.25) is 0 Å². The first-order valence-corrected chi connectivity index (χ1v) is 7.62. The van der Waals surface area contributed by atoms with E-state index in [9.17, 15) is 13.2 Å². The fourth-order valence-corrected chi connectivity index (χ4v) is 3.52. The molecular formula is C14H9AsF3N2O.